The molecule has 0 aliphatic carbocycles. The van der Waals surface area contributed by atoms with Crippen molar-refractivity contribution in [2.24, 2.45) is 23.1 Å². The largest absolute Gasteiger partial charge is 0.481 e. The molecule has 0 radical (unpaired) electrons. The monoisotopic (exact) mass is 987 g/mol. The SMILES string of the molecule is CSCC[C@H](NC(=O)[C@@H](N)CCC(=O)O)C(=O)N[C@H](C(=O)N1C[C@H](O)C[C@H]1C(=O)N[C@H](C(=O)N[C@@H](CC(N)=O)C(=O)N1CCC[C@H]1C(=O)NCC(=O)N[C@@H](CCC(N)=O)C(=O)O)C(C)C)[C@@H](C)O. The predicted molar refractivity (Wildman–Crippen MR) is 238 cm³/mol. The maximum atomic E-state index is 14.0. The molecule has 2 fully saturated rings. The maximum Gasteiger partial charge on any atom is 0.326 e. The van der Waals surface area contributed by atoms with Crippen LogP contribution in [0.2, 0.25) is 0 Å². The number of aliphatic hydroxyl groups is 2. The van der Waals surface area contributed by atoms with E-state index in [4.69, 9.17) is 22.3 Å². The van der Waals surface area contributed by atoms with Gasteiger partial charge in [0, 0.05) is 32.4 Å². The summed E-state index contributed by atoms with van der Waals surface area (Å²) in [4.78, 5) is 155. The summed E-state index contributed by atoms with van der Waals surface area (Å²) >= 11 is 1.33. The van der Waals surface area contributed by atoms with E-state index in [1.54, 1.807) is 6.26 Å². The number of thioether (sulfide) groups is 1. The Morgan fingerprint density at radius 2 is 1.35 bits per heavy atom. The lowest BCUT2D eigenvalue weighted by Gasteiger charge is -2.32. The van der Waals surface area contributed by atoms with Gasteiger partial charge in [-0.25, -0.2) is 4.79 Å². The molecule has 27 nitrogen and oxygen atoms in total. The Morgan fingerprint density at radius 3 is 1.91 bits per heavy atom. The molecule has 28 heteroatoms. The van der Waals surface area contributed by atoms with E-state index in [0.717, 1.165) is 9.80 Å². The molecule has 2 saturated heterocycles. The molecule has 10 amide bonds. The fraction of sp³-hybridized carbons (Fsp3) is 0.700. The van der Waals surface area contributed by atoms with Gasteiger partial charge >= 0.3 is 11.9 Å². The maximum absolute atomic E-state index is 14.0. The number of carbonyl (C=O) groups is 12. The van der Waals surface area contributed by atoms with E-state index in [-0.39, 0.29) is 51.5 Å². The molecule has 0 aromatic carbocycles. The van der Waals surface area contributed by atoms with Gasteiger partial charge < -0.3 is 79.3 Å². The van der Waals surface area contributed by atoms with Crippen LogP contribution in [-0.4, -0.2) is 193 Å². The molecular formula is C40H65N11O16S. The molecule has 2 aliphatic heterocycles. The third-order valence-corrected chi connectivity index (χ3v) is 11.6. The first-order valence-corrected chi connectivity index (χ1v) is 23.2. The first-order chi connectivity index (χ1) is 31.8. The minimum atomic E-state index is -1.72. The highest BCUT2D eigenvalue weighted by atomic mass is 32.2. The molecule has 2 rings (SSSR count). The molecule has 0 aromatic heterocycles. The topological polar surface area (TPSA) is 442 Å². The number of carbonyl (C=O) groups excluding carboxylic acids is 10. The standard InChI is InChI=1S/C40H65N11O16S/c1-18(2)31(37(63)47-24(15-28(43)55)38(64)50-12-5-6-25(50)35(61)44-16-29(56)45-23(40(66)67)8-9-27(42)54)48-36(62)26-14-20(53)17-51(26)39(65)32(19(3)52)49-34(60)22(11-13-68-4)46-33(59)21(41)7-10-30(57)58/h18-26,31-32,52-53H,5-17,41H2,1-4H3,(H2,42,54)(H2,43,55)(H,44,61)(H,45,56)(H,46,59)(H,47,63)(H,48,62)(H,49,60)(H,57,58)(H,66,67)/t19-,20-,21+,22+,23+,24+,25+,26+,31+,32+/m1/s1. The highest BCUT2D eigenvalue weighted by Gasteiger charge is 2.45. The lowest BCUT2D eigenvalue weighted by atomic mass is 10.0. The van der Waals surface area contributed by atoms with Crippen molar-refractivity contribution >= 4 is 82.8 Å². The lowest BCUT2D eigenvalue weighted by molar-refractivity contribution is -0.145. The molecule has 0 spiro atoms. The molecular weight excluding hydrogens is 923 g/mol. The van der Waals surface area contributed by atoms with E-state index < -0.39 is 163 Å². The normalized spacial score (nSPS) is 19.8. The fourth-order valence-electron chi connectivity index (χ4n) is 7.35. The summed E-state index contributed by atoms with van der Waals surface area (Å²) in [5.41, 5.74) is 16.3. The summed E-state index contributed by atoms with van der Waals surface area (Å²) in [7, 11) is 0. The fourth-order valence-corrected chi connectivity index (χ4v) is 7.82. The average molecular weight is 988 g/mol. The number of amides is 10. The Morgan fingerprint density at radius 1 is 0.706 bits per heavy atom. The van der Waals surface area contributed by atoms with Crippen molar-refractivity contribution in [3.63, 3.8) is 0 Å². The van der Waals surface area contributed by atoms with Gasteiger partial charge in [-0.05, 0) is 57.0 Å². The number of hydrogen-bond donors (Lipinski definition) is 13. The highest BCUT2D eigenvalue weighted by molar-refractivity contribution is 7.98. The van der Waals surface area contributed by atoms with Crippen molar-refractivity contribution < 1.29 is 78.0 Å². The van der Waals surface area contributed by atoms with Crippen LogP contribution in [0.5, 0.6) is 0 Å². The van der Waals surface area contributed by atoms with Crippen LogP contribution in [-0.2, 0) is 57.5 Å². The first-order valence-electron chi connectivity index (χ1n) is 21.8. The van der Waals surface area contributed by atoms with Gasteiger partial charge in [-0.1, -0.05) is 13.8 Å². The number of carboxylic acids is 2. The van der Waals surface area contributed by atoms with Crippen LogP contribution in [0.1, 0.15) is 78.6 Å². The third kappa shape index (κ3) is 18.2. The van der Waals surface area contributed by atoms with Crippen molar-refractivity contribution in [1.82, 2.24) is 41.7 Å². The molecule has 2 aliphatic rings. The van der Waals surface area contributed by atoms with Crippen molar-refractivity contribution in [3.05, 3.63) is 0 Å². The van der Waals surface area contributed by atoms with Crippen molar-refractivity contribution in [2.75, 3.05) is 31.6 Å². The van der Waals surface area contributed by atoms with E-state index in [1.807, 2.05) is 0 Å². The number of rotatable bonds is 28. The summed E-state index contributed by atoms with van der Waals surface area (Å²) in [6.07, 6.45) is -3.09. The third-order valence-electron chi connectivity index (χ3n) is 11.0. The van der Waals surface area contributed by atoms with Crippen LogP contribution in [0.3, 0.4) is 0 Å². The zero-order chi connectivity index (χ0) is 51.6. The van der Waals surface area contributed by atoms with E-state index in [0.29, 0.717) is 5.75 Å². The van der Waals surface area contributed by atoms with E-state index >= 15 is 0 Å². The van der Waals surface area contributed by atoms with Crippen molar-refractivity contribution in [3.8, 4) is 0 Å². The number of β-amino-alcohol motifs (C(OH)–C–C–N with tert-alkyl or cyclic N) is 1. The number of nitrogens with two attached hydrogens (primary N) is 3. The van der Waals surface area contributed by atoms with Gasteiger partial charge in [-0.2, -0.15) is 11.8 Å². The Bertz CT molecular complexity index is 1890. The van der Waals surface area contributed by atoms with Crippen LogP contribution in [0.15, 0.2) is 0 Å². The number of aliphatic hydroxyl groups excluding tert-OH is 2. The number of carboxylic acid groups (broad SMARTS) is 2. The quantitative estimate of drug-likeness (QED) is 0.0347. The second kappa shape index (κ2) is 27.6. The number of nitrogens with zero attached hydrogens (tertiary/aromatic N) is 2. The average Bonchev–Trinajstić information content (AvgIpc) is 3.91. The van der Waals surface area contributed by atoms with Gasteiger partial charge in [0.25, 0.3) is 0 Å². The van der Waals surface area contributed by atoms with Crippen LogP contribution in [0.4, 0.5) is 0 Å². The summed E-state index contributed by atoms with van der Waals surface area (Å²) < 4.78 is 0. The van der Waals surface area contributed by atoms with Crippen molar-refractivity contribution in [1.29, 1.82) is 0 Å². The van der Waals surface area contributed by atoms with Gasteiger partial charge in [-0.3, -0.25) is 52.7 Å². The van der Waals surface area contributed by atoms with Crippen molar-refractivity contribution in [2.45, 2.75) is 139 Å². The summed E-state index contributed by atoms with van der Waals surface area (Å²) in [5, 5.41) is 53.9. The Balaban J connectivity index is 2.23. The number of primary amides is 2. The van der Waals surface area contributed by atoms with Crippen LogP contribution < -0.4 is 49.1 Å². The zero-order valence-electron chi connectivity index (χ0n) is 38.3. The highest BCUT2D eigenvalue weighted by Crippen LogP contribution is 2.22. The molecule has 10 atom stereocenters. The second-order valence-corrected chi connectivity index (χ2v) is 17.8. The van der Waals surface area contributed by atoms with Crippen LogP contribution >= 0.6 is 11.8 Å². The second-order valence-electron chi connectivity index (χ2n) is 16.8. The molecule has 16 N–H and O–H groups in total. The van der Waals surface area contributed by atoms with Crippen LogP contribution in [0, 0.1) is 5.92 Å². The molecule has 68 heavy (non-hydrogen) atoms. The summed E-state index contributed by atoms with van der Waals surface area (Å²) in [5.74, 6) is -12.2. The molecule has 2 heterocycles. The number of aliphatic carboxylic acids is 2. The molecule has 0 bridgehead atoms. The summed E-state index contributed by atoms with van der Waals surface area (Å²) in [6, 6.07) is -11.6. The van der Waals surface area contributed by atoms with E-state index in [1.165, 1.54) is 32.5 Å². The minimum Gasteiger partial charge on any atom is -0.481 e. The zero-order valence-corrected chi connectivity index (χ0v) is 39.1. The van der Waals surface area contributed by atoms with Gasteiger partial charge in [0.1, 0.15) is 42.3 Å². The Hall–Kier alpha value is -6.13. The molecule has 0 saturated carbocycles. The van der Waals surface area contributed by atoms with Gasteiger partial charge in [-0.15, -0.1) is 0 Å². The number of hydrogen-bond acceptors (Lipinski definition) is 16. The predicted octanol–water partition coefficient (Wildman–Crippen LogP) is -6.31. The summed E-state index contributed by atoms with van der Waals surface area (Å²) in [6.45, 7) is 3.06. The first kappa shape index (κ1) is 58.0. The smallest absolute Gasteiger partial charge is 0.326 e. The lowest BCUT2D eigenvalue weighted by Crippen LogP contribution is -2.62. The van der Waals surface area contributed by atoms with Crippen LogP contribution in [0.25, 0.3) is 0 Å². The Labute approximate surface area is 395 Å². The number of nitrogens with one attached hydrogen (secondary N) is 6. The minimum absolute atomic E-state index is 0.0234. The molecule has 0 unspecified atom stereocenters. The number of likely N-dealkylation sites (tertiary alicyclic amines) is 2. The van der Waals surface area contributed by atoms with Gasteiger partial charge in [0.05, 0.1) is 31.2 Å². The van der Waals surface area contributed by atoms with Gasteiger partial charge in [0.15, 0.2) is 0 Å². The molecule has 0 aromatic rings. The Kier molecular flexibility index (Phi) is 23.6. The van der Waals surface area contributed by atoms with E-state index in [2.05, 4.69) is 31.9 Å². The molecule has 382 valence electrons. The van der Waals surface area contributed by atoms with E-state index in [9.17, 15) is 72.9 Å². The van der Waals surface area contributed by atoms with Gasteiger partial charge in [0.2, 0.25) is 59.1 Å².